The zero-order valence-electron chi connectivity index (χ0n) is 9.28. The number of rotatable bonds is 6. The molecule has 1 aliphatic carbocycles. The zero-order valence-corrected chi connectivity index (χ0v) is 9.28. The van der Waals surface area contributed by atoms with Crippen LogP contribution in [-0.2, 0) is 9.53 Å². The minimum atomic E-state index is -0.297. The number of carbonyl (C=O) groups is 1. The molecule has 4 heteroatoms. The van der Waals surface area contributed by atoms with Crippen LogP contribution in [0.3, 0.4) is 0 Å². The third kappa shape index (κ3) is 4.62. The molecule has 4 nitrogen and oxygen atoms in total. The molecule has 1 saturated carbocycles. The number of hydrogen-bond acceptors (Lipinski definition) is 3. The van der Waals surface area contributed by atoms with Gasteiger partial charge in [-0.25, -0.2) is 0 Å². The maximum atomic E-state index is 10.5. The van der Waals surface area contributed by atoms with Gasteiger partial charge in [0.25, 0.3) is 0 Å². The molecule has 0 aromatic rings. The van der Waals surface area contributed by atoms with E-state index in [1.165, 1.54) is 25.7 Å². The highest BCUT2D eigenvalue weighted by molar-refractivity contribution is 5.73. The van der Waals surface area contributed by atoms with Gasteiger partial charge in [0.2, 0.25) is 5.91 Å². The van der Waals surface area contributed by atoms with Gasteiger partial charge in [-0.1, -0.05) is 12.8 Å². The molecular formula is C11H22N2O2. The Hall–Kier alpha value is -0.610. The van der Waals surface area contributed by atoms with Gasteiger partial charge in [-0.15, -0.1) is 0 Å². The van der Waals surface area contributed by atoms with Crippen LogP contribution in [0.5, 0.6) is 0 Å². The summed E-state index contributed by atoms with van der Waals surface area (Å²) in [7, 11) is 0. The first kappa shape index (κ1) is 12.5. The summed E-state index contributed by atoms with van der Waals surface area (Å²) in [5.74, 6) is 0.887. The third-order valence-corrected chi connectivity index (χ3v) is 3.19. The van der Waals surface area contributed by atoms with Crippen LogP contribution < -0.4 is 11.5 Å². The molecule has 4 N–H and O–H groups in total. The lowest BCUT2D eigenvalue weighted by Crippen LogP contribution is -2.30. The second kappa shape index (κ2) is 6.80. The number of primary amides is 1. The van der Waals surface area contributed by atoms with Crippen molar-refractivity contribution in [1.82, 2.24) is 0 Å². The zero-order chi connectivity index (χ0) is 11.1. The molecule has 0 heterocycles. The van der Waals surface area contributed by atoms with E-state index in [1.54, 1.807) is 0 Å². The van der Waals surface area contributed by atoms with Gasteiger partial charge < -0.3 is 16.2 Å². The standard InChI is InChI=1S/C11H22N2O2/c12-7-9-3-1-2-4-10(9)8-15-6-5-11(13)14/h9-10H,1-8,12H2,(H2,13,14). The highest BCUT2D eigenvalue weighted by Gasteiger charge is 2.23. The van der Waals surface area contributed by atoms with Crippen molar-refractivity contribution in [2.45, 2.75) is 32.1 Å². The van der Waals surface area contributed by atoms with Crippen LogP contribution in [0.1, 0.15) is 32.1 Å². The van der Waals surface area contributed by atoms with Crippen LogP contribution in [-0.4, -0.2) is 25.7 Å². The van der Waals surface area contributed by atoms with Crippen molar-refractivity contribution in [1.29, 1.82) is 0 Å². The Balaban J connectivity index is 2.15. The number of amides is 1. The number of ether oxygens (including phenoxy) is 1. The Labute approximate surface area is 91.3 Å². The molecule has 1 amide bonds. The predicted octanol–water partition coefficient (Wildman–Crippen LogP) is 0.644. The molecule has 1 fully saturated rings. The number of hydrogen-bond donors (Lipinski definition) is 2. The highest BCUT2D eigenvalue weighted by Crippen LogP contribution is 2.29. The van der Waals surface area contributed by atoms with Gasteiger partial charge in [-0.05, 0) is 31.2 Å². The molecule has 2 atom stereocenters. The molecule has 0 aromatic heterocycles. The van der Waals surface area contributed by atoms with E-state index in [1.807, 2.05) is 0 Å². The van der Waals surface area contributed by atoms with Crippen molar-refractivity contribution in [3.63, 3.8) is 0 Å². The Bertz CT molecular complexity index is 197. The van der Waals surface area contributed by atoms with Gasteiger partial charge >= 0.3 is 0 Å². The van der Waals surface area contributed by atoms with E-state index in [9.17, 15) is 4.79 Å². The van der Waals surface area contributed by atoms with E-state index in [2.05, 4.69) is 0 Å². The van der Waals surface area contributed by atoms with Crippen LogP contribution >= 0.6 is 0 Å². The molecule has 2 unspecified atom stereocenters. The maximum Gasteiger partial charge on any atom is 0.219 e. The minimum absolute atomic E-state index is 0.297. The predicted molar refractivity (Wildman–Crippen MR) is 59.1 cm³/mol. The summed E-state index contributed by atoms with van der Waals surface area (Å²) in [6.07, 6.45) is 5.32. The smallest absolute Gasteiger partial charge is 0.219 e. The molecule has 15 heavy (non-hydrogen) atoms. The molecule has 0 aromatic carbocycles. The highest BCUT2D eigenvalue weighted by atomic mass is 16.5. The van der Waals surface area contributed by atoms with E-state index in [0.717, 1.165) is 13.2 Å². The van der Waals surface area contributed by atoms with Crippen LogP contribution in [0.2, 0.25) is 0 Å². The fourth-order valence-corrected chi connectivity index (χ4v) is 2.22. The van der Waals surface area contributed by atoms with Gasteiger partial charge in [-0.3, -0.25) is 4.79 Å². The topological polar surface area (TPSA) is 78.3 Å². The second-order valence-corrected chi connectivity index (χ2v) is 4.33. The van der Waals surface area contributed by atoms with Crippen LogP contribution in [0.25, 0.3) is 0 Å². The fourth-order valence-electron chi connectivity index (χ4n) is 2.22. The van der Waals surface area contributed by atoms with Crippen molar-refractivity contribution in [2.24, 2.45) is 23.3 Å². The first-order valence-corrected chi connectivity index (χ1v) is 5.80. The van der Waals surface area contributed by atoms with E-state index in [4.69, 9.17) is 16.2 Å². The summed E-state index contributed by atoms with van der Waals surface area (Å²) in [5.41, 5.74) is 10.7. The van der Waals surface area contributed by atoms with Crippen molar-refractivity contribution >= 4 is 5.91 Å². The third-order valence-electron chi connectivity index (χ3n) is 3.19. The second-order valence-electron chi connectivity index (χ2n) is 4.33. The Morgan fingerprint density at radius 3 is 2.53 bits per heavy atom. The molecule has 0 radical (unpaired) electrons. The molecule has 0 saturated heterocycles. The number of carbonyl (C=O) groups excluding carboxylic acids is 1. The number of nitrogens with two attached hydrogens (primary N) is 2. The average molecular weight is 214 g/mol. The molecule has 1 rings (SSSR count). The van der Waals surface area contributed by atoms with Gasteiger partial charge in [0.05, 0.1) is 6.61 Å². The summed E-state index contributed by atoms with van der Waals surface area (Å²) in [6.45, 7) is 1.93. The summed E-state index contributed by atoms with van der Waals surface area (Å²) in [4.78, 5) is 10.5. The SMILES string of the molecule is NCC1CCCCC1COCCC(N)=O. The Morgan fingerprint density at radius 2 is 1.93 bits per heavy atom. The van der Waals surface area contributed by atoms with E-state index < -0.39 is 0 Å². The fraction of sp³-hybridized carbons (Fsp3) is 0.909. The monoisotopic (exact) mass is 214 g/mol. The van der Waals surface area contributed by atoms with Crippen molar-refractivity contribution < 1.29 is 9.53 Å². The normalized spacial score (nSPS) is 26.5. The minimum Gasteiger partial charge on any atom is -0.381 e. The molecule has 1 aliphatic rings. The summed E-state index contributed by atoms with van der Waals surface area (Å²) in [6, 6.07) is 0. The van der Waals surface area contributed by atoms with Gasteiger partial charge in [-0.2, -0.15) is 0 Å². The summed E-state index contributed by atoms with van der Waals surface area (Å²) < 4.78 is 5.46. The van der Waals surface area contributed by atoms with Gasteiger partial charge in [0.1, 0.15) is 0 Å². The van der Waals surface area contributed by atoms with E-state index in [0.29, 0.717) is 24.9 Å². The lowest BCUT2D eigenvalue weighted by Gasteiger charge is -2.30. The quantitative estimate of drug-likeness (QED) is 0.637. The van der Waals surface area contributed by atoms with Gasteiger partial charge in [0.15, 0.2) is 0 Å². The molecule has 0 aliphatic heterocycles. The van der Waals surface area contributed by atoms with E-state index in [-0.39, 0.29) is 5.91 Å². The summed E-state index contributed by atoms with van der Waals surface area (Å²) in [5, 5.41) is 0. The van der Waals surface area contributed by atoms with Crippen LogP contribution in [0, 0.1) is 11.8 Å². The van der Waals surface area contributed by atoms with Gasteiger partial charge in [0, 0.05) is 13.0 Å². The molecule has 88 valence electrons. The van der Waals surface area contributed by atoms with Crippen LogP contribution in [0.4, 0.5) is 0 Å². The van der Waals surface area contributed by atoms with Crippen LogP contribution in [0.15, 0.2) is 0 Å². The molecule has 0 spiro atoms. The van der Waals surface area contributed by atoms with E-state index >= 15 is 0 Å². The first-order chi connectivity index (χ1) is 7.24. The van der Waals surface area contributed by atoms with Crippen molar-refractivity contribution in [2.75, 3.05) is 19.8 Å². The largest absolute Gasteiger partial charge is 0.381 e. The molecular weight excluding hydrogens is 192 g/mol. The average Bonchev–Trinajstić information content (AvgIpc) is 2.24. The lowest BCUT2D eigenvalue weighted by atomic mass is 9.80. The lowest BCUT2D eigenvalue weighted by molar-refractivity contribution is -0.119. The Kier molecular flexibility index (Phi) is 5.65. The van der Waals surface area contributed by atoms with Crippen molar-refractivity contribution in [3.05, 3.63) is 0 Å². The summed E-state index contributed by atoms with van der Waals surface area (Å²) >= 11 is 0. The van der Waals surface area contributed by atoms with Crippen molar-refractivity contribution in [3.8, 4) is 0 Å². The maximum absolute atomic E-state index is 10.5. The first-order valence-electron chi connectivity index (χ1n) is 5.80. The molecule has 0 bridgehead atoms. The Morgan fingerprint density at radius 1 is 1.27 bits per heavy atom.